The molecule has 3 heteroatoms. The quantitative estimate of drug-likeness (QED) is 0.787. The molecule has 0 bridgehead atoms. The Morgan fingerprint density at radius 3 is 2.93 bits per heavy atom. The summed E-state index contributed by atoms with van der Waals surface area (Å²) in [7, 11) is 0. The zero-order chi connectivity index (χ0) is 9.97. The highest BCUT2D eigenvalue weighted by molar-refractivity contribution is 6.21. The molecule has 1 aromatic carbocycles. The molecular formula is C11H13Cl2N. The number of benzene rings is 1. The van der Waals surface area contributed by atoms with Gasteiger partial charge in [0.05, 0.1) is 5.38 Å². The van der Waals surface area contributed by atoms with Gasteiger partial charge in [-0.05, 0) is 17.5 Å². The third kappa shape index (κ3) is 1.90. The van der Waals surface area contributed by atoms with Crippen LogP contribution < -0.4 is 5.32 Å². The second-order valence-electron chi connectivity index (χ2n) is 3.54. The number of nitrogens with one attached hydrogen (secondary N) is 1. The number of hydrogen-bond donors (Lipinski definition) is 1. The molecule has 1 aliphatic carbocycles. The predicted molar refractivity (Wildman–Crippen MR) is 61.3 cm³/mol. The van der Waals surface area contributed by atoms with Crippen LogP contribution in [0.25, 0.3) is 0 Å². The Bertz CT molecular complexity index is 314. The van der Waals surface area contributed by atoms with Crippen LogP contribution in [0.2, 0.25) is 0 Å². The lowest BCUT2D eigenvalue weighted by molar-refractivity contribution is 0.557. The molecule has 76 valence electrons. The molecule has 14 heavy (non-hydrogen) atoms. The lowest BCUT2D eigenvalue weighted by Crippen LogP contribution is -2.27. The second-order valence-corrected chi connectivity index (χ2v) is 4.48. The normalized spacial score (nSPS) is 25.0. The first-order chi connectivity index (χ1) is 6.83. The van der Waals surface area contributed by atoms with Crippen LogP contribution in [0.4, 0.5) is 0 Å². The fourth-order valence-corrected chi connectivity index (χ4v) is 2.49. The standard InChI is InChI=1S/C11H13Cl2N/c12-5-6-14-11-9-4-2-1-3-8(9)7-10(11)13/h1-4,10-11,14H,5-7H2/t10-,11+/m1/s1. The van der Waals surface area contributed by atoms with Gasteiger partial charge in [-0.2, -0.15) is 0 Å². The van der Waals surface area contributed by atoms with E-state index in [2.05, 4.69) is 29.6 Å². The van der Waals surface area contributed by atoms with Crippen LogP contribution in [0.5, 0.6) is 0 Å². The average molecular weight is 230 g/mol. The van der Waals surface area contributed by atoms with E-state index < -0.39 is 0 Å². The van der Waals surface area contributed by atoms with Gasteiger partial charge in [-0.25, -0.2) is 0 Å². The van der Waals surface area contributed by atoms with Gasteiger partial charge in [-0.1, -0.05) is 24.3 Å². The van der Waals surface area contributed by atoms with Crippen molar-refractivity contribution in [1.82, 2.24) is 5.32 Å². The molecule has 1 N–H and O–H groups in total. The smallest absolute Gasteiger partial charge is 0.0571 e. The SMILES string of the molecule is ClCCN[C@H]1c2ccccc2C[C@H]1Cl. The average Bonchev–Trinajstić information content (AvgIpc) is 2.51. The maximum absolute atomic E-state index is 6.27. The molecule has 2 atom stereocenters. The van der Waals surface area contributed by atoms with Crippen molar-refractivity contribution < 1.29 is 0 Å². The first-order valence-electron chi connectivity index (χ1n) is 4.84. The number of alkyl halides is 2. The molecule has 0 aromatic heterocycles. The van der Waals surface area contributed by atoms with Crippen LogP contribution >= 0.6 is 23.2 Å². The number of fused-ring (bicyclic) bond motifs is 1. The van der Waals surface area contributed by atoms with Crippen LogP contribution in [0.15, 0.2) is 24.3 Å². The van der Waals surface area contributed by atoms with Crippen molar-refractivity contribution in [2.45, 2.75) is 17.8 Å². The highest BCUT2D eigenvalue weighted by Crippen LogP contribution is 2.34. The van der Waals surface area contributed by atoms with Crippen molar-refractivity contribution in [3.63, 3.8) is 0 Å². The van der Waals surface area contributed by atoms with E-state index in [0.717, 1.165) is 13.0 Å². The van der Waals surface area contributed by atoms with Crippen molar-refractivity contribution in [2.24, 2.45) is 0 Å². The van der Waals surface area contributed by atoms with Crippen molar-refractivity contribution in [3.05, 3.63) is 35.4 Å². The number of rotatable bonds is 3. The molecule has 1 aliphatic rings. The summed E-state index contributed by atoms with van der Waals surface area (Å²) in [6.45, 7) is 0.809. The highest BCUT2D eigenvalue weighted by atomic mass is 35.5. The topological polar surface area (TPSA) is 12.0 Å². The van der Waals surface area contributed by atoms with Gasteiger partial charge in [0.25, 0.3) is 0 Å². The first kappa shape index (κ1) is 10.3. The Balaban J connectivity index is 2.17. The molecule has 0 spiro atoms. The van der Waals surface area contributed by atoms with E-state index >= 15 is 0 Å². The minimum absolute atomic E-state index is 0.163. The molecule has 0 amide bonds. The summed E-state index contributed by atoms with van der Waals surface area (Å²) in [4.78, 5) is 0. The van der Waals surface area contributed by atoms with Crippen LogP contribution in [0.1, 0.15) is 17.2 Å². The van der Waals surface area contributed by atoms with Crippen molar-refractivity contribution in [3.8, 4) is 0 Å². The Hall–Kier alpha value is -0.240. The fourth-order valence-electron chi connectivity index (χ4n) is 1.99. The first-order valence-corrected chi connectivity index (χ1v) is 5.81. The molecule has 0 aliphatic heterocycles. The van der Waals surface area contributed by atoms with E-state index in [9.17, 15) is 0 Å². The molecule has 1 nitrogen and oxygen atoms in total. The zero-order valence-electron chi connectivity index (χ0n) is 7.84. The molecule has 0 saturated heterocycles. The Morgan fingerprint density at radius 1 is 1.36 bits per heavy atom. The molecule has 0 fully saturated rings. The van der Waals surface area contributed by atoms with Crippen LogP contribution in [-0.4, -0.2) is 17.8 Å². The monoisotopic (exact) mass is 229 g/mol. The minimum atomic E-state index is 0.163. The summed E-state index contributed by atoms with van der Waals surface area (Å²) >= 11 is 11.9. The van der Waals surface area contributed by atoms with Crippen LogP contribution in [0, 0.1) is 0 Å². The van der Waals surface area contributed by atoms with Gasteiger partial charge < -0.3 is 5.32 Å². The van der Waals surface area contributed by atoms with E-state index in [-0.39, 0.29) is 11.4 Å². The van der Waals surface area contributed by atoms with Gasteiger partial charge in [-0.15, -0.1) is 23.2 Å². The van der Waals surface area contributed by atoms with Gasteiger partial charge in [-0.3, -0.25) is 0 Å². The fraction of sp³-hybridized carbons (Fsp3) is 0.455. The second kappa shape index (κ2) is 4.52. The zero-order valence-corrected chi connectivity index (χ0v) is 9.35. The summed E-state index contributed by atoms with van der Waals surface area (Å²) in [5.41, 5.74) is 2.69. The molecule has 0 saturated carbocycles. The summed E-state index contributed by atoms with van der Waals surface area (Å²) in [5.74, 6) is 0.627. The third-order valence-electron chi connectivity index (χ3n) is 2.63. The van der Waals surface area contributed by atoms with Gasteiger partial charge in [0, 0.05) is 18.5 Å². The molecule has 0 unspecified atom stereocenters. The van der Waals surface area contributed by atoms with Gasteiger partial charge >= 0.3 is 0 Å². The Morgan fingerprint density at radius 2 is 2.14 bits per heavy atom. The maximum atomic E-state index is 6.27. The Labute approximate surface area is 94.4 Å². The third-order valence-corrected chi connectivity index (χ3v) is 3.22. The summed E-state index contributed by atoms with van der Waals surface area (Å²) in [6, 6.07) is 8.68. The van der Waals surface area contributed by atoms with Gasteiger partial charge in [0.1, 0.15) is 0 Å². The molecule has 0 radical (unpaired) electrons. The van der Waals surface area contributed by atoms with Gasteiger partial charge in [0.15, 0.2) is 0 Å². The van der Waals surface area contributed by atoms with E-state index in [4.69, 9.17) is 23.2 Å². The van der Waals surface area contributed by atoms with E-state index in [1.807, 2.05) is 0 Å². The predicted octanol–water partition coefficient (Wildman–Crippen LogP) is 2.72. The van der Waals surface area contributed by atoms with Gasteiger partial charge in [0.2, 0.25) is 0 Å². The van der Waals surface area contributed by atoms with E-state index in [0.29, 0.717) is 5.88 Å². The maximum Gasteiger partial charge on any atom is 0.0571 e. The molecule has 0 heterocycles. The lowest BCUT2D eigenvalue weighted by Gasteiger charge is -2.16. The number of hydrogen-bond acceptors (Lipinski definition) is 1. The molecule has 1 aromatic rings. The Kier molecular flexibility index (Phi) is 3.32. The highest BCUT2D eigenvalue weighted by Gasteiger charge is 2.29. The van der Waals surface area contributed by atoms with E-state index in [1.54, 1.807) is 0 Å². The summed E-state index contributed by atoms with van der Waals surface area (Å²) < 4.78 is 0. The van der Waals surface area contributed by atoms with Crippen LogP contribution in [0.3, 0.4) is 0 Å². The minimum Gasteiger partial charge on any atom is -0.307 e. The molecule has 2 rings (SSSR count). The lowest BCUT2D eigenvalue weighted by atomic mass is 10.1. The van der Waals surface area contributed by atoms with E-state index in [1.165, 1.54) is 11.1 Å². The van der Waals surface area contributed by atoms with Crippen molar-refractivity contribution in [1.29, 1.82) is 0 Å². The molecular weight excluding hydrogens is 217 g/mol. The van der Waals surface area contributed by atoms with Crippen molar-refractivity contribution >= 4 is 23.2 Å². The summed E-state index contributed by atoms with van der Waals surface area (Å²) in [5, 5.41) is 3.54. The van der Waals surface area contributed by atoms with Crippen LogP contribution in [-0.2, 0) is 6.42 Å². The largest absolute Gasteiger partial charge is 0.307 e. The van der Waals surface area contributed by atoms with Crippen molar-refractivity contribution in [2.75, 3.05) is 12.4 Å². The summed E-state index contributed by atoms with van der Waals surface area (Å²) in [6.07, 6.45) is 0.956. The number of halogens is 2.